The molecular weight excluding hydrogens is 494 g/mol. The molecular formula is C27H39N3O6S. The molecule has 0 radical (unpaired) electrons. The highest BCUT2D eigenvalue weighted by Crippen LogP contribution is 2.40. The van der Waals surface area contributed by atoms with E-state index in [2.05, 4.69) is 17.6 Å². The second-order valence-corrected chi connectivity index (χ2v) is 12.3. The van der Waals surface area contributed by atoms with Crippen LogP contribution in [0.15, 0.2) is 41.3 Å². The first-order valence-electron chi connectivity index (χ1n) is 12.4. The molecule has 10 heteroatoms. The zero-order chi connectivity index (χ0) is 27.4. The molecule has 2 N–H and O–H groups in total. The first-order valence-corrected chi connectivity index (χ1v) is 13.8. The fourth-order valence-corrected chi connectivity index (χ4v) is 5.74. The third-order valence-electron chi connectivity index (χ3n) is 6.33. The third-order valence-corrected chi connectivity index (χ3v) is 8.24. The Morgan fingerprint density at radius 1 is 0.973 bits per heavy atom. The number of piperidine rings is 1. The maximum Gasteiger partial charge on any atom is 0.247 e. The number of amides is 1. The van der Waals surface area contributed by atoms with E-state index in [1.165, 1.54) is 21.3 Å². The second-order valence-electron chi connectivity index (χ2n) is 10.4. The van der Waals surface area contributed by atoms with Gasteiger partial charge in [-0.25, -0.2) is 8.42 Å². The van der Waals surface area contributed by atoms with Crippen LogP contribution in [-0.2, 0) is 14.8 Å². The lowest BCUT2D eigenvalue weighted by atomic mass is 10.0. The van der Waals surface area contributed by atoms with Gasteiger partial charge in [0.05, 0.1) is 26.2 Å². The van der Waals surface area contributed by atoms with Crippen LogP contribution in [0.2, 0.25) is 0 Å². The predicted molar refractivity (Wildman–Crippen MR) is 144 cm³/mol. The van der Waals surface area contributed by atoms with Gasteiger partial charge in [0.15, 0.2) is 11.5 Å². The molecule has 0 aliphatic carbocycles. The summed E-state index contributed by atoms with van der Waals surface area (Å²) in [6.07, 6.45) is 1.72. The van der Waals surface area contributed by atoms with Gasteiger partial charge in [0, 0.05) is 24.3 Å². The Labute approximate surface area is 220 Å². The van der Waals surface area contributed by atoms with Crippen molar-refractivity contribution in [1.82, 2.24) is 9.62 Å². The minimum Gasteiger partial charge on any atom is -0.493 e. The van der Waals surface area contributed by atoms with Crippen LogP contribution >= 0.6 is 0 Å². The van der Waals surface area contributed by atoms with Crippen molar-refractivity contribution in [3.05, 3.63) is 42.0 Å². The summed E-state index contributed by atoms with van der Waals surface area (Å²) in [5.74, 6) is 1.53. The Balaban J connectivity index is 1.93. The van der Waals surface area contributed by atoms with E-state index in [4.69, 9.17) is 14.2 Å². The molecule has 1 aliphatic rings. The molecule has 37 heavy (non-hydrogen) atoms. The maximum absolute atomic E-state index is 13.4. The molecule has 2 aromatic carbocycles. The molecule has 1 saturated heterocycles. The summed E-state index contributed by atoms with van der Waals surface area (Å²) in [5, 5.41) is 6.26. The number of nitrogens with zero attached hydrogens (tertiary/aromatic N) is 1. The number of hydrogen-bond donors (Lipinski definition) is 2. The number of nitrogens with one attached hydrogen (secondary N) is 2. The number of hydrogen-bond acceptors (Lipinski definition) is 7. The molecule has 0 bridgehead atoms. The van der Waals surface area contributed by atoms with Gasteiger partial charge in [0.2, 0.25) is 21.7 Å². The van der Waals surface area contributed by atoms with E-state index in [1.807, 2.05) is 20.8 Å². The SMILES string of the molecule is COc1cc([C@H](Nc2ccc(S(=O)(=O)N3CCC(C)CC3)cc2)C(=O)NC(C)(C)C)cc(OC)c1OC. The van der Waals surface area contributed by atoms with Crippen LogP contribution in [0, 0.1) is 5.92 Å². The molecule has 0 spiro atoms. The number of benzene rings is 2. The largest absolute Gasteiger partial charge is 0.493 e. The quantitative estimate of drug-likeness (QED) is 0.498. The van der Waals surface area contributed by atoms with Crippen molar-refractivity contribution in [3.8, 4) is 17.2 Å². The molecule has 1 heterocycles. The van der Waals surface area contributed by atoms with E-state index in [0.717, 1.165) is 12.8 Å². The highest BCUT2D eigenvalue weighted by atomic mass is 32.2. The van der Waals surface area contributed by atoms with Crippen LogP contribution in [0.3, 0.4) is 0 Å². The van der Waals surface area contributed by atoms with E-state index in [9.17, 15) is 13.2 Å². The summed E-state index contributed by atoms with van der Waals surface area (Å²) in [5.41, 5.74) is 0.714. The monoisotopic (exact) mass is 533 g/mol. The number of rotatable bonds is 9. The normalized spacial score (nSPS) is 16.1. The van der Waals surface area contributed by atoms with Gasteiger partial charge in [-0.2, -0.15) is 4.31 Å². The molecule has 1 amide bonds. The molecule has 2 aromatic rings. The van der Waals surface area contributed by atoms with E-state index in [0.29, 0.717) is 47.5 Å². The van der Waals surface area contributed by atoms with Crippen molar-refractivity contribution in [3.63, 3.8) is 0 Å². The lowest BCUT2D eigenvalue weighted by Gasteiger charge is -2.29. The van der Waals surface area contributed by atoms with Crippen LogP contribution in [0.1, 0.15) is 52.1 Å². The molecule has 3 rings (SSSR count). The average molecular weight is 534 g/mol. The Morgan fingerprint density at radius 3 is 1.97 bits per heavy atom. The molecule has 1 atom stereocenters. The molecule has 1 aliphatic heterocycles. The summed E-state index contributed by atoms with van der Waals surface area (Å²) in [4.78, 5) is 13.6. The van der Waals surface area contributed by atoms with Gasteiger partial charge in [-0.3, -0.25) is 4.79 Å². The molecule has 0 aromatic heterocycles. The summed E-state index contributed by atoms with van der Waals surface area (Å²) in [6.45, 7) is 8.90. The van der Waals surface area contributed by atoms with Crippen LogP contribution in [-0.4, -0.2) is 58.6 Å². The lowest BCUT2D eigenvalue weighted by molar-refractivity contribution is -0.123. The zero-order valence-corrected chi connectivity index (χ0v) is 23.6. The minimum atomic E-state index is -3.57. The van der Waals surface area contributed by atoms with Crippen molar-refractivity contribution in [1.29, 1.82) is 0 Å². The van der Waals surface area contributed by atoms with Crippen LogP contribution < -0.4 is 24.8 Å². The highest BCUT2D eigenvalue weighted by Gasteiger charge is 2.29. The average Bonchev–Trinajstić information content (AvgIpc) is 2.85. The zero-order valence-electron chi connectivity index (χ0n) is 22.8. The van der Waals surface area contributed by atoms with Gasteiger partial charge in [0.1, 0.15) is 6.04 Å². The topological polar surface area (TPSA) is 106 Å². The molecule has 0 saturated carbocycles. The summed E-state index contributed by atoms with van der Waals surface area (Å²) >= 11 is 0. The Bertz CT molecular complexity index is 1160. The van der Waals surface area contributed by atoms with Crippen molar-refractivity contribution < 1.29 is 27.4 Å². The molecule has 9 nitrogen and oxygen atoms in total. The van der Waals surface area contributed by atoms with Gasteiger partial charge in [0.25, 0.3) is 0 Å². The summed E-state index contributed by atoms with van der Waals surface area (Å²) in [6, 6.07) is 9.12. The Kier molecular flexibility index (Phi) is 8.96. The smallest absolute Gasteiger partial charge is 0.247 e. The Hall–Kier alpha value is -2.98. The van der Waals surface area contributed by atoms with Gasteiger partial charge in [-0.15, -0.1) is 0 Å². The van der Waals surface area contributed by atoms with E-state index >= 15 is 0 Å². The second kappa shape index (κ2) is 11.6. The third kappa shape index (κ3) is 6.87. The number of methoxy groups -OCH3 is 3. The van der Waals surface area contributed by atoms with E-state index in [-0.39, 0.29) is 10.8 Å². The van der Waals surface area contributed by atoms with Gasteiger partial charge >= 0.3 is 0 Å². The van der Waals surface area contributed by atoms with E-state index < -0.39 is 21.6 Å². The van der Waals surface area contributed by atoms with Crippen molar-refractivity contribution in [2.75, 3.05) is 39.7 Å². The van der Waals surface area contributed by atoms with Crippen LogP contribution in [0.25, 0.3) is 0 Å². The number of carbonyl (C=O) groups is 1. The summed E-state index contributed by atoms with van der Waals surface area (Å²) < 4.78 is 44.2. The van der Waals surface area contributed by atoms with Crippen LogP contribution in [0.5, 0.6) is 17.2 Å². The van der Waals surface area contributed by atoms with Crippen molar-refractivity contribution >= 4 is 21.6 Å². The standard InChI is InChI=1S/C27H39N3O6S/c1-18-12-14-30(15-13-18)37(32,33)21-10-8-20(9-11-21)28-24(26(31)29-27(2,3)4)19-16-22(34-5)25(36-7)23(17-19)35-6/h8-11,16-18,24,28H,12-15H2,1-7H3,(H,29,31)/t24-/m0/s1. The maximum atomic E-state index is 13.4. The van der Waals surface area contributed by atoms with Crippen LogP contribution in [0.4, 0.5) is 5.69 Å². The van der Waals surface area contributed by atoms with Gasteiger partial charge in [-0.05, 0) is 81.5 Å². The van der Waals surface area contributed by atoms with Gasteiger partial charge in [-0.1, -0.05) is 6.92 Å². The molecule has 0 unspecified atom stereocenters. The number of sulfonamides is 1. The first kappa shape index (κ1) is 28.6. The number of anilines is 1. The lowest BCUT2D eigenvalue weighted by Crippen LogP contribution is -2.44. The van der Waals surface area contributed by atoms with Gasteiger partial charge < -0.3 is 24.8 Å². The fraction of sp³-hybridized carbons (Fsp3) is 0.519. The Morgan fingerprint density at radius 2 is 1.51 bits per heavy atom. The number of carbonyl (C=O) groups excluding carboxylic acids is 1. The van der Waals surface area contributed by atoms with Crippen molar-refractivity contribution in [2.24, 2.45) is 5.92 Å². The fourth-order valence-electron chi connectivity index (χ4n) is 4.27. The highest BCUT2D eigenvalue weighted by molar-refractivity contribution is 7.89. The van der Waals surface area contributed by atoms with E-state index in [1.54, 1.807) is 40.7 Å². The molecule has 204 valence electrons. The molecule has 1 fully saturated rings. The minimum absolute atomic E-state index is 0.232. The summed E-state index contributed by atoms with van der Waals surface area (Å²) in [7, 11) is 0.976. The van der Waals surface area contributed by atoms with Crippen molar-refractivity contribution in [2.45, 2.75) is 57.0 Å². The first-order chi connectivity index (χ1) is 17.4. The number of ether oxygens (including phenoxy) is 3. The predicted octanol–water partition coefficient (Wildman–Crippen LogP) is 4.20.